The largest absolute Gasteiger partial charge is 0.350 e. The first-order valence-corrected chi connectivity index (χ1v) is 7.42. The first-order chi connectivity index (χ1) is 9.73. The van der Waals surface area contributed by atoms with E-state index in [1.807, 2.05) is 40.7 Å². The predicted molar refractivity (Wildman–Crippen MR) is 86.4 cm³/mol. The van der Waals surface area contributed by atoms with Crippen LogP contribution in [0, 0.1) is 5.41 Å². The maximum absolute atomic E-state index is 12.2. The fraction of sp³-hybridized carbons (Fsp3) is 0.529. The molecule has 1 aromatic carbocycles. The zero-order valence-electron chi connectivity index (χ0n) is 13.6. The number of carbonyl (C=O) groups excluding carboxylic acids is 2. The third-order valence-corrected chi connectivity index (χ3v) is 3.13. The summed E-state index contributed by atoms with van der Waals surface area (Å²) in [4.78, 5) is 24.3. The van der Waals surface area contributed by atoms with E-state index >= 15 is 0 Å². The van der Waals surface area contributed by atoms with E-state index in [-0.39, 0.29) is 23.3 Å². The van der Waals surface area contributed by atoms with Gasteiger partial charge in [-0.2, -0.15) is 0 Å². The number of para-hydroxylation sites is 1. The lowest BCUT2D eigenvalue weighted by Gasteiger charge is -2.18. The normalized spacial score (nSPS) is 12.6. The molecule has 0 fully saturated rings. The Labute approximate surface area is 127 Å². The highest BCUT2D eigenvalue weighted by Gasteiger charge is 2.18. The Hall–Kier alpha value is -1.84. The van der Waals surface area contributed by atoms with Gasteiger partial charge in [-0.1, -0.05) is 39.8 Å². The molecule has 0 heterocycles. The second kappa shape index (κ2) is 7.25. The molecule has 21 heavy (non-hydrogen) atoms. The average Bonchev–Trinajstić information content (AvgIpc) is 2.36. The predicted octanol–water partition coefficient (Wildman–Crippen LogP) is 3.59. The number of nitrogens with one attached hydrogen (secondary N) is 2. The molecule has 0 aliphatic carbocycles. The summed E-state index contributed by atoms with van der Waals surface area (Å²) >= 11 is 0. The van der Waals surface area contributed by atoms with E-state index < -0.39 is 0 Å². The molecule has 1 aromatic rings. The molecule has 1 atom stereocenters. The molecule has 116 valence electrons. The Balaban J connectivity index is 2.84. The summed E-state index contributed by atoms with van der Waals surface area (Å²) in [5, 5.41) is 5.76. The van der Waals surface area contributed by atoms with Gasteiger partial charge in [0.15, 0.2) is 0 Å². The number of amides is 2. The lowest BCUT2D eigenvalue weighted by molar-refractivity contribution is -0.117. The molecule has 2 amide bonds. The molecule has 1 unspecified atom stereocenters. The summed E-state index contributed by atoms with van der Waals surface area (Å²) in [6.45, 7) is 10.00. The highest BCUT2D eigenvalue weighted by atomic mass is 16.2. The highest BCUT2D eigenvalue weighted by molar-refractivity contribution is 6.03. The molecule has 2 N–H and O–H groups in total. The Kier molecular flexibility index (Phi) is 5.94. The van der Waals surface area contributed by atoms with Gasteiger partial charge in [-0.15, -0.1) is 0 Å². The number of anilines is 1. The molecule has 1 rings (SSSR count). The molecule has 0 aliphatic heterocycles. The van der Waals surface area contributed by atoms with Crippen molar-refractivity contribution in [3.05, 3.63) is 29.8 Å². The Bertz CT molecular complexity index is 504. The van der Waals surface area contributed by atoms with Crippen molar-refractivity contribution in [1.82, 2.24) is 5.32 Å². The standard InChI is InChI=1S/C17H26N2O2/c1-6-12(2)18-16(21)13-9-7-8-10-14(13)19-15(20)11-17(3,4)5/h7-10,12H,6,11H2,1-5H3,(H,18,21)(H,19,20). The van der Waals surface area contributed by atoms with Gasteiger partial charge in [-0.05, 0) is 30.9 Å². The van der Waals surface area contributed by atoms with Gasteiger partial charge in [0.1, 0.15) is 0 Å². The van der Waals surface area contributed by atoms with Crippen LogP contribution in [0.2, 0.25) is 0 Å². The van der Waals surface area contributed by atoms with Crippen molar-refractivity contribution in [2.75, 3.05) is 5.32 Å². The van der Waals surface area contributed by atoms with Crippen LogP contribution >= 0.6 is 0 Å². The van der Waals surface area contributed by atoms with Gasteiger partial charge in [0.2, 0.25) is 5.91 Å². The molecule has 0 aromatic heterocycles. The lowest BCUT2D eigenvalue weighted by atomic mass is 9.92. The molecule has 0 aliphatic rings. The number of hydrogen-bond acceptors (Lipinski definition) is 2. The van der Waals surface area contributed by atoms with Crippen molar-refractivity contribution in [1.29, 1.82) is 0 Å². The molecule has 0 saturated carbocycles. The monoisotopic (exact) mass is 290 g/mol. The van der Waals surface area contributed by atoms with E-state index in [0.29, 0.717) is 17.7 Å². The van der Waals surface area contributed by atoms with E-state index in [2.05, 4.69) is 10.6 Å². The SMILES string of the molecule is CCC(C)NC(=O)c1ccccc1NC(=O)CC(C)(C)C. The third-order valence-electron chi connectivity index (χ3n) is 3.13. The Morgan fingerprint density at radius 3 is 2.38 bits per heavy atom. The van der Waals surface area contributed by atoms with Crippen LogP contribution in [0.3, 0.4) is 0 Å². The zero-order valence-corrected chi connectivity index (χ0v) is 13.6. The zero-order chi connectivity index (χ0) is 16.0. The minimum atomic E-state index is -0.156. The summed E-state index contributed by atoms with van der Waals surface area (Å²) in [6, 6.07) is 7.20. The molecule has 0 radical (unpaired) electrons. The summed E-state index contributed by atoms with van der Waals surface area (Å²) in [5.74, 6) is -0.234. The fourth-order valence-corrected chi connectivity index (χ4v) is 1.87. The maximum atomic E-state index is 12.2. The summed E-state index contributed by atoms with van der Waals surface area (Å²) in [6.07, 6.45) is 1.28. The van der Waals surface area contributed by atoms with Crippen LogP contribution in [-0.2, 0) is 4.79 Å². The van der Waals surface area contributed by atoms with E-state index in [9.17, 15) is 9.59 Å². The summed E-state index contributed by atoms with van der Waals surface area (Å²) in [5.41, 5.74) is 0.977. The summed E-state index contributed by atoms with van der Waals surface area (Å²) < 4.78 is 0. The smallest absolute Gasteiger partial charge is 0.253 e. The van der Waals surface area contributed by atoms with Gasteiger partial charge in [-0.3, -0.25) is 9.59 Å². The van der Waals surface area contributed by atoms with Crippen LogP contribution in [-0.4, -0.2) is 17.9 Å². The Morgan fingerprint density at radius 2 is 1.81 bits per heavy atom. The first kappa shape index (κ1) is 17.2. The second-order valence-corrected chi connectivity index (χ2v) is 6.61. The van der Waals surface area contributed by atoms with Crippen LogP contribution in [0.15, 0.2) is 24.3 Å². The number of hydrogen-bond donors (Lipinski definition) is 2. The van der Waals surface area contributed by atoms with Crippen molar-refractivity contribution < 1.29 is 9.59 Å². The number of benzene rings is 1. The first-order valence-electron chi connectivity index (χ1n) is 7.42. The van der Waals surface area contributed by atoms with E-state index in [1.54, 1.807) is 18.2 Å². The van der Waals surface area contributed by atoms with Crippen LogP contribution in [0.25, 0.3) is 0 Å². The maximum Gasteiger partial charge on any atom is 0.253 e. The molecule has 0 bridgehead atoms. The van der Waals surface area contributed by atoms with E-state index in [4.69, 9.17) is 0 Å². The van der Waals surface area contributed by atoms with Gasteiger partial charge >= 0.3 is 0 Å². The minimum Gasteiger partial charge on any atom is -0.350 e. The Morgan fingerprint density at radius 1 is 1.19 bits per heavy atom. The van der Waals surface area contributed by atoms with Gasteiger partial charge in [0, 0.05) is 12.5 Å². The van der Waals surface area contributed by atoms with Crippen LogP contribution in [0.4, 0.5) is 5.69 Å². The third kappa shape index (κ3) is 5.98. The van der Waals surface area contributed by atoms with Crippen molar-refractivity contribution in [3.63, 3.8) is 0 Å². The topological polar surface area (TPSA) is 58.2 Å². The van der Waals surface area contributed by atoms with Crippen LogP contribution in [0.1, 0.15) is 57.8 Å². The van der Waals surface area contributed by atoms with Gasteiger partial charge in [0.25, 0.3) is 5.91 Å². The van der Waals surface area contributed by atoms with Crippen molar-refractivity contribution in [2.24, 2.45) is 5.41 Å². The molecule has 0 spiro atoms. The average molecular weight is 290 g/mol. The molecule has 4 nitrogen and oxygen atoms in total. The lowest BCUT2D eigenvalue weighted by Crippen LogP contribution is -2.32. The molecule has 4 heteroatoms. The van der Waals surface area contributed by atoms with Gasteiger partial charge in [-0.25, -0.2) is 0 Å². The highest BCUT2D eigenvalue weighted by Crippen LogP contribution is 2.21. The van der Waals surface area contributed by atoms with E-state index in [0.717, 1.165) is 6.42 Å². The van der Waals surface area contributed by atoms with Crippen LogP contribution < -0.4 is 10.6 Å². The molecular weight excluding hydrogens is 264 g/mol. The fourth-order valence-electron chi connectivity index (χ4n) is 1.87. The summed E-state index contributed by atoms with van der Waals surface area (Å²) in [7, 11) is 0. The number of rotatable bonds is 5. The van der Waals surface area contributed by atoms with Crippen LogP contribution in [0.5, 0.6) is 0 Å². The molecular formula is C17H26N2O2. The molecule has 0 saturated heterocycles. The number of carbonyl (C=O) groups is 2. The van der Waals surface area contributed by atoms with Gasteiger partial charge in [0.05, 0.1) is 11.3 Å². The minimum absolute atomic E-state index is 0.0775. The van der Waals surface area contributed by atoms with Crippen molar-refractivity contribution in [2.45, 2.75) is 53.5 Å². The second-order valence-electron chi connectivity index (χ2n) is 6.61. The van der Waals surface area contributed by atoms with Crippen molar-refractivity contribution >= 4 is 17.5 Å². The van der Waals surface area contributed by atoms with Crippen molar-refractivity contribution in [3.8, 4) is 0 Å². The van der Waals surface area contributed by atoms with E-state index in [1.165, 1.54) is 0 Å². The quantitative estimate of drug-likeness (QED) is 0.870. The van der Waals surface area contributed by atoms with Gasteiger partial charge < -0.3 is 10.6 Å².